The Bertz CT molecular complexity index is 1600. The lowest BCUT2D eigenvalue weighted by molar-refractivity contribution is -0.135. The van der Waals surface area contributed by atoms with E-state index in [1.807, 2.05) is 46.8 Å². The van der Waals surface area contributed by atoms with E-state index in [-0.39, 0.29) is 12.1 Å². The highest BCUT2D eigenvalue weighted by molar-refractivity contribution is 6.35. The monoisotopic (exact) mass is 610 g/mol. The van der Waals surface area contributed by atoms with Crippen molar-refractivity contribution in [3.05, 3.63) is 58.3 Å². The zero-order valence-electron chi connectivity index (χ0n) is 23.6. The Morgan fingerprint density at radius 2 is 1.90 bits per heavy atom. The number of anilines is 1. The van der Waals surface area contributed by atoms with E-state index in [1.54, 1.807) is 26.5 Å². The van der Waals surface area contributed by atoms with E-state index >= 15 is 0 Å². The fourth-order valence-electron chi connectivity index (χ4n) is 5.59. The van der Waals surface area contributed by atoms with E-state index in [1.165, 1.54) is 4.90 Å². The second kappa shape index (κ2) is 11.3. The van der Waals surface area contributed by atoms with Gasteiger partial charge in [0.2, 0.25) is 5.91 Å². The molecular weight excluding hydrogens is 579 g/mol. The number of benzene rings is 1. The van der Waals surface area contributed by atoms with E-state index in [4.69, 9.17) is 43.5 Å². The first-order valence-corrected chi connectivity index (χ1v) is 14.6. The van der Waals surface area contributed by atoms with Gasteiger partial charge in [-0.15, -0.1) is 10.2 Å². The molecule has 0 radical (unpaired) electrons. The molecule has 4 aromatic rings. The molecule has 0 spiro atoms. The molecule has 2 atom stereocenters. The maximum atomic E-state index is 12.4. The van der Waals surface area contributed by atoms with Crippen molar-refractivity contribution in [3.63, 3.8) is 0 Å². The second-order valence-electron chi connectivity index (χ2n) is 11.1. The molecule has 2 aliphatic rings. The lowest BCUT2D eigenvalue weighted by atomic mass is 9.89. The van der Waals surface area contributed by atoms with E-state index in [2.05, 4.69) is 15.2 Å². The third-order valence-corrected chi connectivity index (χ3v) is 8.31. The molecule has 0 aliphatic carbocycles. The van der Waals surface area contributed by atoms with Crippen molar-refractivity contribution in [2.24, 2.45) is 5.73 Å². The number of aromatic nitrogens is 5. The topological polar surface area (TPSA) is 125 Å². The molecule has 0 saturated carbocycles. The summed E-state index contributed by atoms with van der Waals surface area (Å²) in [6.07, 6.45) is 5.48. The van der Waals surface area contributed by atoms with Crippen LogP contribution in [0.4, 0.5) is 5.82 Å². The Hall–Kier alpha value is -3.51. The fraction of sp³-hybridized carbons (Fsp3) is 0.414. The maximum Gasteiger partial charge on any atom is 0.245 e. The quantitative estimate of drug-likeness (QED) is 0.318. The van der Waals surface area contributed by atoms with Crippen molar-refractivity contribution in [1.82, 2.24) is 29.9 Å². The Kier molecular flexibility index (Phi) is 7.69. The lowest BCUT2D eigenvalue weighted by Gasteiger charge is -2.47. The Morgan fingerprint density at radius 3 is 2.55 bits per heavy atom. The molecule has 5 heterocycles. The van der Waals surface area contributed by atoms with Crippen LogP contribution in [0, 0.1) is 0 Å². The molecule has 220 valence electrons. The Labute approximate surface area is 253 Å². The summed E-state index contributed by atoms with van der Waals surface area (Å²) in [4.78, 5) is 19.9. The van der Waals surface area contributed by atoms with Gasteiger partial charge in [0.15, 0.2) is 12.0 Å². The Morgan fingerprint density at radius 1 is 1.14 bits per heavy atom. The van der Waals surface area contributed by atoms with Crippen LogP contribution >= 0.6 is 23.2 Å². The number of pyridine rings is 1. The summed E-state index contributed by atoms with van der Waals surface area (Å²) in [5, 5.41) is 15.7. The smallest absolute Gasteiger partial charge is 0.245 e. The highest BCUT2D eigenvalue weighted by Gasteiger charge is 2.47. The fourth-order valence-corrected chi connectivity index (χ4v) is 6.26. The largest absolute Gasteiger partial charge is 0.486 e. The number of hydrogen-bond donors (Lipinski definition) is 1. The number of nitrogens with two attached hydrogens (primary N) is 1. The van der Waals surface area contributed by atoms with Gasteiger partial charge in [0.1, 0.15) is 28.8 Å². The standard InChI is InChI=1S/C29H32Cl2N8O3/c1-17(26-20(30)13-33-14-21(26)31)42-18-7-9-23-19(12-18)27(36-39(23)25-6-4-5-11-41-25)22-8-10-24(35-34-22)38-15-29(32,16-38)28(40)37(2)3/h7-10,12-14,17,25H,4-6,11,15-16,32H2,1-3H3/t17-,25?/m1/s1. The molecule has 2 saturated heterocycles. The van der Waals surface area contributed by atoms with Crippen molar-refractivity contribution >= 4 is 45.8 Å². The number of halogens is 2. The number of hydrogen-bond acceptors (Lipinski definition) is 9. The van der Waals surface area contributed by atoms with Crippen LogP contribution in [0.25, 0.3) is 22.3 Å². The Balaban J connectivity index is 1.31. The van der Waals surface area contributed by atoms with Crippen molar-refractivity contribution < 1.29 is 14.3 Å². The molecule has 1 aromatic carbocycles. The number of ether oxygens (including phenoxy) is 2. The first kappa shape index (κ1) is 28.6. The normalized spacial score (nSPS) is 18.9. The molecule has 11 nitrogen and oxygen atoms in total. The van der Waals surface area contributed by atoms with Gasteiger partial charge in [0.05, 0.1) is 15.6 Å². The number of likely N-dealkylation sites (N-methyl/N-ethyl adjacent to an activating group) is 1. The van der Waals surface area contributed by atoms with Gasteiger partial charge < -0.3 is 25.0 Å². The van der Waals surface area contributed by atoms with Crippen LogP contribution in [0.5, 0.6) is 5.75 Å². The zero-order chi connectivity index (χ0) is 29.6. The van der Waals surface area contributed by atoms with Gasteiger partial charge >= 0.3 is 0 Å². The van der Waals surface area contributed by atoms with Gasteiger partial charge in [-0.3, -0.25) is 9.78 Å². The second-order valence-corrected chi connectivity index (χ2v) is 11.9. The van der Waals surface area contributed by atoms with Crippen LogP contribution in [0.3, 0.4) is 0 Å². The third kappa shape index (κ3) is 5.26. The van der Waals surface area contributed by atoms with E-state index in [0.717, 1.165) is 30.2 Å². The minimum atomic E-state index is -0.920. The van der Waals surface area contributed by atoms with Gasteiger partial charge in [-0.2, -0.15) is 5.10 Å². The van der Waals surface area contributed by atoms with Gasteiger partial charge in [-0.25, -0.2) is 4.68 Å². The highest BCUT2D eigenvalue weighted by atomic mass is 35.5. The summed E-state index contributed by atoms with van der Waals surface area (Å²) in [6.45, 7) is 3.33. The molecule has 1 amide bonds. The van der Waals surface area contributed by atoms with Crippen molar-refractivity contribution in [3.8, 4) is 17.1 Å². The summed E-state index contributed by atoms with van der Waals surface area (Å²) in [5.41, 5.74) is 8.22. The van der Waals surface area contributed by atoms with Gasteiger partial charge in [0, 0.05) is 57.1 Å². The average Bonchev–Trinajstić information content (AvgIpc) is 3.34. The summed E-state index contributed by atoms with van der Waals surface area (Å²) >= 11 is 12.8. The molecule has 13 heteroatoms. The SMILES string of the molecule is C[C@@H](Oc1ccc2c(c1)c(-c1ccc(N3CC(N)(C(=O)N(C)C)C3)nn1)nn2C1CCCCO1)c1c(Cl)cncc1Cl. The number of amides is 1. The van der Waals surface area contributed by atoms with Gasteiger partial charge in [-0.05, 0) is 56.5 Å². The highest BCUT2D eigenvalue weighted by Crippen LogP contribution is 2.37. The minimum Gasteiger partial charge on any atom is -0.486 e. The summed E-state index contributed by atoms with van der Waals surface area (Å²) < 4.78 is 14.3. The van der Waals surface area contributed by atoms with E-state index in [0.29, 0.717) is 58.3 Å². The summed E-state index contributed by atoms with van der Waals surface area (Å²) in [7, 11) is 3.41. The van der Waals surface area contributed by atoms with Crippen LogP contribution in [-0.4, -0.2) is 75.1 Å². The summed E-state index contributed by atoms with van der Waals surface area (Å²) in [6, 6.07) is 9.58. The van der Waals surface area contributed by atoms with Gasteiger partial charge in [0.25, 0.3) is 0 Å². The predicted molar refractivity (Wildman–Crippen MR) is 161 cm³/mol. The predicted octanol–water partition coefficient (Wildman–Crippen LogP) is 4.64. The minimum absolute atomic E-state index is 0.105. The molecule has 2 fully saturated rings. The molecule has 6 rings (SSSR count). The van der Waals surface area contributed by atoms with Crippen LogP contribution < -0.4 is 15.4 Å². The van der Waals surface area contributed by atoms with Crippen molar-refractivity contribution in [2.45, 2.75) is 44.1 Å². The van der Waals surface area contributed by atoms with E-state index in [9.17, 15) is 4.79 Å². The number of fused-ring (bicyclic) bond motifs is 1. The van der Waals surface area contributed by atoms with E-state index < -0.39 is 11.6 Å². The molecule has 2 N–H and O–H groups in total. The van der Waals surface area contributed by atoms with Crippen molar-refractivity contribution in [1.29, 1.82) is 0 Å². The number of rotatable bonds is 7. The molecule has 1 unspecified atom stereocenters. The first-order chi connectivity index (χ1) is 20.1. The van der Waals surface area contributed by atoms with Crippen LogP contribution in [0.15, 0.2) is 42.7 Å². The number of nitrogens with zero attached hydrogens (tertiary/aromatic N) is 7. The first-order valence-electron chi connectivity index (χ1n) is 13.8. The van der Waals surface area contributed by atoms with Crippen LogP contribution in [-0.2, 0) is 9.53 Å². The zero-order valence-corrected chi connectivity index (χ0v) is 25.1. The molecule has 3 aromatic heterocycles. The van der Waals surface area contributed by atoms with Crippen molar-refractivity contribution in [2.75, 3.05) is 38.7 Å². The van der Waals surface area contributed by atoms with Gasteiger partial charge in [-0.1, -0.05) is 23.2 Å². The number of carbonyl (C=O) groups excluding carboxylic acids is 1. The summed E-state index contributed by atoms with van der Waals surface area (Å²) in [5.74, 6) is 1.17. The third-order valence-electron chi connectivity index (χ3n) is 7.71. The van der Waals surface area contributed by atoms with Crippen LogP contribution in [0.1, 0.15) is 44.1 Å². The molecule has 0 bridgehead atoms. The molecular formula is C29H32Cl2N8O3. The average molecular weight is 612 g/mol. The van der Waals surface area contributed by atoms with Crippen LogP contribution in [0.2, 0.25) is 10.0 Å². The lowest BCUT2D eigenvalue weighted by Crippen LogP contribution is -2.74. The molecule has 2 aliphatic heterocycles. The number of carbonyl (C=O) groups is 1. The molecule has 42 heavy (non-hydrogen) atoms. The maximum absolute atomic E-state index is 12.4.